The van der Waals surface area contributed by atoms with Crippen molar-refractivity contribution in [3.63, 3.8) is 0 Å². The number of non-ortho nitro benzene ring substituents is 1. The Morgan fingerprint density at radius 3 is 2.48 bits per heavy atom. The van der Waals surface area contributed by atoms with Crippen LogP contribution in [0.3, 0.4) is 0 Å². The molecule has 1 rings (SSSR count). The van der Waals surface area contributed by atoms with E-state index in [4.69, 9.17) is 9.47 Å². The Bertz CT molecular complexity index is 619. The van der Waals surface area contributed by atoms with E-state index in [1.54, 1.807) is 19.1 Å². The van der Waals surface area contributed by atoms with Crippen molar-refractivity contribution >= 4 is 28.8 Å². The summed E-state index contributed by atoms with van der Waals surface area (Å²) in [5.74, 6) is 0.902. The van der Waals surface area contributed by atoms with Gasteiger partial charge in [-0.05, 0) is 24.8 Å². The SMILES string of the molecule is CCCCC(CC)COC(=NC(=O)OCC)SCc1ccc([N+](=O)[O-])cc1. The van der Waals surface area contributed by atoms with Crippen molar-refractivity contribution in [2.24, 2.45) is 10.9 Å². The van der Waals surface area contributed by atoms with Crippen LogP contribution in [-0.2, 0) is 15.2 Å². The van der Waals surface area contributed by atoms with Crippen molar-refractivity contribution < 1.29 is 19.2 Å². The number of rotatable bonds is 10. The Hall–Kier alpha value is -2.09. The molecule has 0 aliphatic rings. The van der Waals surface area contributed by atoms with Crippen molar-refractivity contribution in [1.82, 2.24) is 0 Å². The lowest BCUT2D eigenvalue weighted by Crippen LogP contribution is -2.14. The maximum absolute atomic E-state index is 11.7. The fourth-order valence-corrected chi connectivity index (χ4v) is 3.06. The predicted octanol–water partition coefficient (Wildman–Crippen LogP) is 5.57. The van der Waals surface area contributed by atoms with Crippen LogP contribution in [-0.4, -0.2) is 29.5 Å². The van der Waals surface area contributed by atoms with Gasteiger partial charge in [0.15, 0.2) is 0 Å². The molecule has 0 saturated heterocycles. The monoisotopic (exact) mass is 396 g/mol. The zero-order valence-electron chi connectivity index (χ0n) is 16.2. The highest BCUT2D eigenvalue weighted by atomic mass is 32.2. The quantitative estimate of drug-likeness (QED) is 0.222. The number of aliphatic imine (C=N–C) groups is 1. The number of nitro benzene ring substituents is 1. The largest absolute Gasteiger partial charge is 0.472 e. The van der Waals surface area contributed by atoms with Crippen molar-refractivity contribution in [3.8, 4) is 0 Å². The molecule has 0 aromatic heterocycles. The lowest BCUT2D eigenvalue weighted by atomic mass is 10.0. The number of carbonyl (C=O) groups excluding carboxylic acids is 1. The molecule has 0 bridgehead atoms. The molecule has 1 amide bonds. The van der Waals surface area contributed by atoms with E-state index in [1.165, 1.54) is 23.9 Å². The number of amides is 1. The van der Waals surface area contributed by atoms with Crippen LogP contribution >= 0.6 is 11.8 Å². The summed E-state index contributed by atoms with van der Waals surface area (Å²) >= 11 is 1.28. The number of benzene rings is 1. The van der Waals surface area contributed by atoms with Gasteiger partial charge in [0, 0.05) is 17.9 Å². The third-order valence-electron chi connectivity index (χ3n) is 3.95. The van der Waals surface area contributed by atoms with E-state index < -0.39 is 11.0 Å². The van der Waals surface area contributed by atoms with Crippen LogP contribution in [0.1, 0.15) is 52.0 Å². The molecule has 1 aromatic rings. The molecule has 0 spiro atoms. The number of hydrogen-bond donors (Lipinski definition) is 0. The fraction of sp³-hybridized carbons (Fsp3) is 0.579. The first-order chi connectivity index (χ1) is 13.0. The third-order valence-corrected chi connectivity index (χ3v) is 4.88. The zero-order valence-corrected chi connectivity index (χ0v) is 17.0. The highest BCUT2D eigenvalue weighted by Crippen LogP contribution is 2.20. The highest BCUT2D eigenvalue weighted by molar-refractivity contribution is 8.12. The summed E-state index contributed by atoms with van der Waals surface area (Å²) in [7, 11) is 0. The van der Waals surface area contributed by atoms with Gasteiger partial charge in [0.25, 0.3) is 10.9 Å². The average Bonchev–Trinajstić information content (AvgIpc) is 2.66. The maximum atomic E-state index is 11.7. The van der Waals surface area contributed by atoms with Gasteiger partial charge in [-0.1, -0.05) is 57.0 Å². The molecule has 0 saturated carbocycles. The molecule has 0 N–H and O–H groups in total. The molecule has 0 radical (unpaired) electrons. The summed E-state index contributed by atoms with van der Waals surface area (Å²) in [4.78, 5) is 25.9. The number of nitrogens with zero attached hydrogens (tertiary/aromatic N) is 2. The van der Waals surface area contributed by atoms with Crippen LogP contribution in [0.5, 0.6) is 0 Å². The van der Waals surface area contributed by atoms with Gasteiger partial charge in [0.1, 0.15) is 0 Å². The summed E-state index contributed by atoms with van der Waals surface area (Å²) in [5, 5.41) is 11.0. The lowest BCUT2D eigenvalue weighted by molar-refractivity contribution is -0.384. The van der Waals surface area contributed by atoms with Gasteiger partial charge in [-0.25, -0.2) is 4.79 Å². The summed E-state index contributed by atoms with van der Waals surface area (Å²) in [6.07, 6.45) is 3.68. The summed E-state index contributed by atoms with van der Waals surface area (Å²) in [5.41, 5.74) is 0.922. The molecule has 1 aromatic carbocycles. The fourth-order valence-electron chi connectivity index (χ4n) is 2.28. The Balaban J connectivity index is 2.70. The van der Waals surface area contributed by atoms with E-state index in [2.05, 4.69) is 18.8 Å². The van der Waals surface area contributed by atoms with E-state index in [9.17, 15) is 14.9 Å². The molecular formula is C19H28N2O5S. The van der Waals surface area contributed by atoms with Crippen LogP contribution in [0.4, 0.5) is 10.5 Å². The Kier molecular flexibility index (Phi) is 11.2. The minimum absolute atomic E-state index is 0.0436. The van der Waals surface area contributed by atoms with Crippen LogP contribution in [0.25, 0.3) is 0 Å². The van der Waals surface area contributed by atoms with E-state index in [1.807, 2.05) is 0 Å². The molecular weight excluding hydrogens is 368 g/mol. The molecule has 1 atom stereocenters. The Morgan fingerprint density at radius 2 is 1.93 bits per heavy atom. The second-order valence-corrected chi connectivity index (χ2v) is 6.94. The van der Waals surface area contributed by atoms with Gasteiger partial charge in [-0.15, -0.1) is 4.99 Å². The Labute approximate surface area is 164 Å². The topological polar surface area (TPSA) is 91.0 Å². The van der Waals surface area contributed by atoms with Crippen LogP contribution in [0, 0.1) is 16.0 Å². The van der Waals surface area contributed by atoms with Gasteiger partial charge < -0.3 is 9.47 Å². The minimum atomic E-state index is -0.676. The van der Waals surface area contributed by atoms with Gasteiger partial charge in [0.2, 0.25) is 0 Å². The van der Waals surface area contributed by atoms with Crippen molar-refractivity contribution in [1.29, 1.82) is 0 Å². The van der Waals surface area contributed by atoms with Crippen LogP contribution in [0.15, 0.2) is 29.3 Å². The number of ether oxygens (including phenoxy) is 2. The van der Waals surface area contributed by atoms with Gasteiger partial charge in [-0.2, -0.15) is 0 Å². The normalized spacial score (nSPS) is 12.5. The number of carbonyl (C=O) groups is 1. The Morgan fingerprint density at radius 1 is 1.22 bits per heavy atom. The first-order valence-electron chi connectivity index (χ1n) is 9.24. The number of hydrogen-bond acceptors (Lipinski definition) is 6. The average molecular weight is 397 g/mol. The summed E-state index contributed by atoms with van der Waals surface area (Å²) < 4.78 is 10.7. The van der Waals surface area contributed by atoms with Gasteiger partial charge in [0.05, 0.1) is 18.1 Å². The van der Waals surface area contributed by atoms with Crippen molar-refractivity contribution in [2.45, 2.75) is 52.2 Å². The molecule has 27 heavy (non-hydrogen) atoms. The second kappa shape index (κ2) is 13.1. The van der Waals surface area contributed by atoms with Crippen molar-refractivity contribution in [3.05, 3.63) is 39.9 Å². The number of nitro groups is 1. The maximum Gasteiger partial charge on any atom is 0.437 e. The van der Waals surface area contributed by atoms with E-state index in [0.29, 0.717) is 18.3 Å². The number of thioether (sulfide) groups is 1. The molecule has 7 nitrogen and oxygen atoms in total. The zero-order chi connectivity index (χ0) is 20.1. The molecule has 0 aliphatic heterocycles. The summed E-state index contributed by atoms with van der Waals surface area (Å²) in [6.45, 7) is 6.74. The van der Waals surface area contributed by atoms with Crippen molar-refractivity contribution in [2.75, 3.05) is 13.2 Å². The van der Waals surface area contributed by atoms with E-state index >= 15 is 0 Å². The standard InChI is InChI=1S/C19H28N2O5S/c1-4-7-8-15(5-2)13-26-19(20-18(22)25-6-3)27-14-16-9-11-17(12-10-16)21(23)24/h9-12,15H,4-8,13-14H2,1-3H3. The predicted molar refractivity (Wildman–Crippen MR) is 108 cm³/mol. The van der Waals surface area contributed by atoms with E-state index in [-0.39, 0.29) is 17.5 Å². The highest BCUT2D eigenvalue weighted by Gasteiger charge is 2.13. The summed E-state index contributed by atoms with van der Waals surface area (Å²) in [6, 6.07) is 6.28. The molecule has 1 unspecified atom stereocenters. The molecule has 0 heterocycles. The smallest absolute Gasteiger partial charge is 0.437 e. The van der Waals surface area contributed by atoms with Gasteiger partial charge in [-0.3, -0.25) is 10.1 Å². The number of unbranched alkanes of at least 4 members (excludes halogenated alkanes) is 1. The lowest BCUT2D eigenvalue weighted by Gasteiger charge is -2.16. The first-order valence-corrected chi connectivity index (χ1v) is 10.2. The van der Waals surface area contributed by atoms with Crippen LogP contribution < -0.4 is 0 Å². The molecule has 0 fully saturated rings. The first kappa shape index (κ1) is 23.0. The van der Waals surface area contributed by atoms with Gasteiger partial charge >= 0.3 is 6.09 Å². The molecule has 0 aliphatic carbocycles. The van der Waals surface area contributed by atoms with E-state index in [0.717, 1.165) is 31.2 Å². The molecule has 8 heteroatoms. The third kappa shape index (κ3) is 9.42. The molecule has 150 valence electrons. The minimum Gasteiger partial charge on any atom is -0.472 e. The van der Waals surface area contributed by atoms with Crippen LogP contribution in [0.2, 0.25) is 0 Å². The second-order valence-electron chi connectivity index (χ2n) is 6.02.